The Morgan fingerprint density at radius 1 is 1.52 bits per heavy atom. The lowest BCUT2D eigenvalue weighted by atomic mass is 10.1. The second-order valence-corrected chi connectivity index (χ2v) is 4.23. The van der Waals surface area contributed by atoms with E-state index in [2.05, 4.69) is 20.4 Å². The normalized spacial score (nSPS) is 10.4. The number of carbonyl (C=O) groups excluding carboxylic acids is 1. The average molecular weight is 294 g/mol. The minimum atomic E-state index is -0.624. The van der Waals surface area contributed by atoms with Gasteiger partial charge in [0.25, 0.3) is 0 Å². The number of nitrogens with zero attached hydrogens (tertiary/aromatic N) is 3. The van der Waals surface area contributed by atoms with Crippen molar-refractivity contribution in [2.75, 3.05) is 19.0 Å². The van der Waals surface area contributed by atoms with Gasteiger partial charge in [-0.3, -0.25) is 0 Å². The number of aliphatic hydroxyl groups excluding tert-OH is 1. The number of hydrogen-bond acceptors (Lipinski definition) is 6. The molecule has 7 nitrogen and oxygen atoms in total. The van der Waals surface area contributed by atoms with E-state index >= 15 is 0 Å². The van der Waals surface area contributed by atoms with E-state index in [9.17, 15) is 9.18 Å². The molecule has 0 radical (unpaired) electrons. The zero-order valence-electron chi connectivity index (χ0n) is 11.4. The largest absolute Gasteiger partial charge is 0.465 e. The van der Waals surface area contributed by atoms with Crippen LogP contribution in [0, 0.1) is 5.82 Å². The first-order chi connectivity index (χ1) is 10.1. The van der Waals surface area contributed by atoms with Crippen LogP contribution in [0.25, 0.3) is 0 Å². The Hall–Kier alpha value is -2.48. The number of halogens is 1. The maximum atomic E-state index is 13.2. The monoisotopic (exact) mass is 294 g/mol. The van der Waals surface area contributed by atoms with E-state index in [1.54, 1.807) is 6.20 Å². The fourth-order valence-corrected chi connectivity index (χ4v) is 1.77. The van der Waals surface area contributed by atoms with Gasteiger partial charge in [0.1, 0.15) is 11.5 Å². The van der Waals surface area contributed by atoms with E-state index in [1.807, 2.05) is 0 Å². The highest BCUT2D eigenvalue weighted by Crippen LogP contribution is 2.18. The summed E-state index contributed by atoms with van der Waals surface area (Å²) in [5, 5.41) is 19.5. The molecule has 2 rings (SSSR count). The summed E-state index contributed by atoms with van der Waals surface area (Å²) in [4.78, 5) is 11.6. The standard InChI is InChI=1S/C13H15FN4O3/c1-21-13(20)11-6-9(14)2-3-12(11)15-7-10-8-18(4-5-19)17-16-10/h2-3,6,8,15,19H,4-5,7H2,1H3. The van der Waals surface area contributed by atoms with E-state index in [-0.39, 0.29) is 12.2 Å². The highest BCUT2D eigenvalue weighted by Gasteiger charge is 2.13. The van der Waals surface area contributed by atoms with Gasteiger partial charge in [0, 0.05) is 5.69 Å². The van der Waals surface area contributed by atoms with Gasteiger partial charge in [-0.05, 0) is 18.2 Å². The highest BCUT2D eigenvalue weighted by molar-refractivity contribution is 5.95. The molecule has 0 aliphatic carbocycles. The van der Waals surface area contributed by atoms with Crippen LogP contribution in [-0.2, 0) is 17.8 Å². The van der Waals surface area contributed by atoms with E-state index in [4.69, 9.17) is 5.11 Å². The molecule has 0 fully saturated rings. The topological polar surface area (TPSA) is 89.3 Å². The number of hydrogen-bond donors (Lipinski definition) is 2. The number of methoxy groups -OCH3 is 1. The molecule has 0 bridgehead atoms. The lowest BCUT2D eigenvalue weighted by Crippen LogP contribution is -2.09. The lowest BCUT2D eigenvalue weighted by molar-refractivity contribution is 0.0601. The summed E-state index contributed by atoms with van der Waals surface area (Å²) in [6.07, 6.45) is 1.67. The number of aliphatic hydroxyl groups is 1. The van der Waals surface area contributed by atoms with E-state index in [0.29, 0.717) is 24.5 Å². The molecule has 0 aliphatic rings. The van der Waals surface area contributed by atoms with Crippen LogP contribution in [0.15, 0.2) is 24.4 Å². The number of rotatable bonds is 6. The molecule has 2 N–H and O–H groups in total. The molecular weight excluding hydrogens is 279 g/mol. The maximum absolute atomic E-state index is 13.2. The molecule has 0 unspecified atom stereocenters. The fourth-order valence-electron chi connectivity index (χ4n) is 1.77. The molecule has 0 saturated heterocycles. The quantitative estimate of drug-likeness (QED) is 0.766. The smallest absolute Gasteiger partial charge is 0.340 e. The number of esters is 1. The van der Waals surface area contributed by atoms with E-state index in [1.165, 1.54) is 23.9 Å². The van der Waals surface area contributed by atoms with Crippen LogP contribution in [0.1, 0.15) is 16.1 Å². The Kier molecular flexibility index (Phi) is 4.83. The molecule has 0 atom stereocenters. The van der Waals surface area contributed by atoms with Crippen molar-refractivity contribution in [3.05, 3.63) is 41.5 Å². The third-order valence-corrected chi connectivity index (χ3v) is 2.76. The number of benzene rings is 1. The summed E-state index contributed by atoms with van der Waals surface area (Å²) in [5.41, 5.74) is 1.18. The molecule has 1 aromatic heterocycles. The molecule has 112 valence electrons. The van der Waals surface area contributed by atoms with Crippen LogP contribution in [-0.4, -0.2) is 39.8 Å². The van der Waals surface area contributed by atoms with Crippen molar-refractivity contribution in [2.45, 2.75) is 13.1 Å². The molecule has 0 saturated carbocycles. The fraction of sp³-hybridized carbons (Fsp3) is 0.308. The number of aromatic nitrogens is 3. The molecule has 0 aliphatic heterocycles. The van der Waals surface area contributed by atoms with E-state index in [0.717, 1.165) is 6.07 Å². The Labute approximate surface area is 120 Å². The van der Waals surface area contributed by atoms with Crippen LogP contribution >= 0.6 is 0 Å². The molecule has 21 heavy (non-hydrogen) atoms. The van der Waals surface area contributed by atoms with Crippen LogP contribution < -0.4 is 5.32 Å². The average Bonchev–Trinajstić information content (AvgIpc) is 2.93. The van der Waals surface area contributed by atoms with Gasteiger partial charge >= 0.3 is 5.97 Å². The zero-order valence-corrected chi connectivity index (χ0v) is 11.4. The third kappa shape index (κ3) is 3.76. The number of carbonyl (C=O) groups is 1. The van der Waals surface area contributed by atoms with Crippen molar-refractivity contribution in [3.8, 4) is 0 Å². The summed E-state index contributed by atoms with van der Waals surface area (Å²) in [5.74, 6) is -1.14. The van der Waals surface area contributed by atoms with Gasteiger partial charge in [0.2, 0.25) is 0 Å². The second-order valence-electron chi connectivity index (χ2n) is 4.23. The number of anilines is 1. The predicted molar refractivity (Wildman–Crippen MR) is 72.2 cm³/mol. The first-order valence-electron chi connectivity index (χ1n) is 6.25. The van der Waals surface area contributed by atoms with Crippen LogP contribution in [0.5, 0.6) is 0 Å². The Morgan fingerprint density at radius 3 is 3.05 bits per heavy atom. The summed E-state index contributed by atoms with van der Waals surface area (Å²) in [7, 11) is 1.23. The second kappa shape index (κ2) is 6.80. The SMILES string of the molecule is COC(=O)c1cc(F)ccc1NCc1cn(CCO)nn1. The Morgan fingerprint density at radius 2 is 2.33 bits per heavy atom. The minimum Gasteiger partial charge on any atom is -0.465 e. The summed E-state index contributed by atoms with van der Waals surface area (Å²) in [6, 6.07) is 3.81. The molecule has 8 heteroatoms. The summed E-state index contributed by atoms with van der Waals surface area (Å²) in [6.45, 7) is 0.638. The van der Waals surface area contributed by atoms with Crippen molar-refractivity contribution in [1.29, 1.82) is 0 Å². The molecule has 1 heterocycles. The van der Waals surface area contributed by atoms with Crippen molar-refractivity contribution >= 4 is 11.7 Å². The van der Waals surface area contributed by atoms with E-state index < -0.39 is 11.8 Å². The number of ether oxygens (including phenoxy) is 1. The molecule has 0 amide bonds. The van der Waals surface area contributed by atoms with Crippen molar-refractivity contribution in [2.24, 2.45) is 0 Å². The minimum absolute atomic E-state index is 0.0271. The summed E-state index contributed by atoms with van der Waals surface area (Å²) < 4.78 is 19.3. The zero-order chi connectivity index (χ0) is 15.2. The van der Waals surface area contributed by atoms with Gasteiger partial charge in [-0.15, -0.1) is 5.10 Å². The maximum Gasteiger partial charge on any atom is 0.340 e. The predicted octanol–water partition coefficient (Wildman–Crippen LogP) is 0.808. The first-order valence-corrected chi connectivity index (χ1v) is 6.25. The van der Waals surface area contributed by atoms with Crippen molar-refractivity contribution in [1.82, 2.24) is 15.0 Å². The van der Waals surface area contributed by atoms with Crippen LogP contribution in [0.4, 0.5) is 10.1 Å². The van der Waals surface area contributed by atoms with Gasteiger partial charge in [0.15, 0.2) is 0 Å². The lowest BCUT2D eigenvalue weighted by Gasteiger charge is -2.09. The molecule has 0 spiro atoms. The Balaban J connectivity index is 2.10. The summed E-state index contributed by atoms with van der Waals surface area (Å²) >= 11 is 0. The van der Waals surface area contributed by atoms with Gasteiger partial charge in [-0.25, -0.2) is 13.9 Å². The highest BCUT2D eigenvalue weighted by atomic mass is 19.1. The number of nitrogens with one attached hydrogen (secondary N) is 1. The van der Waals surface area contributed by atoms with Crippen molar-refractivity contribution in [3.63, 3.8) is 0 Å². The Bertz CT molecular complexity index is 630. The van der Waals surface area contributed by atoms with Crippen LogP contribution in [0.2, 0.25) is 0 Å². The third-order valence-electron chi connectivity index (χ3n) is 2.76. The van der Waals surface area contributed by atoms with Crippen LogP contribution in [0.3, 0.4) is 0 Å². The van der Waals surface area contributed by atoms with Gasteiger partial charge in [0.05, 0.1) is 38.6 Å². The van der Waals surface area contributed by atoms with Crippen molar-refractivity contribution < 1.29 is 19.0 Å². The molecule has 1 aromatic carbocycles. The van der Waals surface area contributed by atoms with Gasteiger partial charge < -0.3 is 15.2 Å². The molecular formula is C13H15FN4O3. The van der Waals surface area contributed by atoms with Gasteiger partial charge in [-0.2, -0.15) is 0 Å². The molecule has 2 aromatic rings. The van der Waals surface area contributed by atoms with Gasteiger partial charge in [-0.1, -0.05) is 5.21 Å². The first kappa shape index (κ1) is 14.9.